The lowest BCUT2D eigenvalue weighted by Crippen LogP contribution is -2.50. The Kier molecular flexibility index (Phi) is 4.84. The molecular formula is C28H38N2O2. The summed E-state index contributed by atoms with van der Waals surface area (Å²) in [6.07, 6.45) is 18.4. The highest BCUT2D eigenvalue weighted by molar-refractivity contribution is 6.05. The summed E-state index contributed by atoms with van der Waals surface area (Å²) < 4.78 is 2.18. The minimum atomic E-state index is -0.207. The molecule has 6 rings (SSSR count). The van der Waals surface area contributed by atoms with Gasteiger partial charge in [0.15, 0.2) is 5.78 Å². The van der Waals surface area contributed by atoms with E-state index in [2.05, 4.69) is 41.8 Å². The van der Waals surface area contributed by atoms with Crippen LogP contribution in [0.3, 0.4) is 0 Å². The van der Waals surface area contributed by atoms with E-state index in [0.29, 0.717) is 29.6 Å². The highest BCUT2D eigenvalue weighted by Crippen LogP contribution is 2.64. The zero-order valence-corrected chi connectivity index (χ0v) is 19.7. The van der Waals surface area contributed by atoms with Gasteiger partial charge in [0.25, 0.3) is 0 Å². The second-order valence-electron chi connectivity index (χ2n) is 12.0. The zero-order valence-electron chi connectivity index (χ0n) is 19.7. The summed E-state index contributed by atoms with van der Waals surface area (Å²) in [5, 5.41) is 14.9. The number of fused-ring (bicyclic) bond motifs is 5. The fourth-order valence-electron chi connectivity index (χ4n) is 8.51. The summed E-state index contributed by atoms with van der Waals surface area (Å²) in [7, 11) is 0. The van der Waals surface area contributed by atoms with Gasteiger partial charge in [0.05, 0.1) is 17.8 Å². The molecular weight excluding hydrogens is 396 g/mol. The first-order chi connectivity index (χ1) is 15.4. The SMILES string of the molecule is C[C@@]12CC[C@@H]3[C@H](CC=C4C[C@H](O)CC[C@@]43C)[C@H]1C/C(=C\c1ccnn1C1CCCC1)C2=O. The van der Waals surface area contributed by atoms with E-state index in [1.165, 1.54) is 31.3 Å². The molecule has 0 amide bonds. The van der Waals surface area contributed by atoms with Crippen LogP contribution in [0.15, 0.2) is 29.5 Å². The van der Waals surface area contributed by atoms with Crippen molar-refractivity contribution in [2.75, 3.05) is 0 Å². The van der Waals surface area contributed by atoms with E-state index in [-0.39, 0.29) is 16.9 Å². The Morgan fingerprint density at radius 2 is 1.84 bits per heavy atom. The number of rotatable bonds is 2. The molecule has 1 N–H and O–H groups in total. The van der Waals surface area contributed by atoms with Gasteiger partial charge in [-0.1, -0.05) is 38.3 Å². The highest BCUT2D eigenvalue weighted by Gasteiger charge is 2.59. The number of hydrogen-bond donors (Lipinski definition) is 1. The number of allylic oxidation sites excluding steroid dienone is 2. The van der Waals surface area contributed by atoms with E-state index < -0.39 is 0 Å². The molecule has 0 radical (unpaired) electrons. The predicted molar refractivity (Wildman–Crippen MR) is 126 cm³/mol. The third-order valence-electron chi connectivity index (χ3n) is 10.4. The topological polar surface area (TPSA) is 55.1 Å². The van der Waals surface area contributed by atoms with Crippen LogP contribution in [-0.4, -0.2) is 26.8 Å². The van der Waals surface area contributed by atoms with Crippen molar-refractivity contribution in [3.05, 3.63) is 35.2 Å². The Morgan fingerprint density at radius 3 is 2.66 bits per heavy atom. The standard InChI is InChI=1S/C28H38N2O2/c1-27-12-9-22(31)17-19(27)7-8-23-24(27)10-13-28(2)25(23)16-18(26(28)32)15-21-11-14-29-30(21)20-5-3-4-6-20/h7,11,14-15,20,22-25,31H,3-6,8-10,12-13,16-17H2,1-2H3/b18-15+/t22-,23+,24-,25-,27+,28-/m1/s1. The van der Waals surface area contributed by atoms with Crippen molar-refractivity contribution < 1.29 is 9.90 Å². The van der Waals surface area contributed by atoms with E-state index in [1.807, 2.05) is 6.20 Å². The van der Waals surface area contributed by atoms with Crippen LogP contribution in [0.5, 0.6) is 0 Å². The summed E-state index contributed by atoms with van der Waals surface area (Å²) in [5.74, 6) is 2.10. The van der Waals surface area contributed by atoms with Crippen LogP contribution in [0.4, 0.5) is 0 Å². The molecule has 1 aromatic rings. The van der Waals surface area contributed by atoms with Crippen molar-refractivity contribution >= 4 is 11.9 Å². The van der Waals surface area contributed by atoms with Crippen LogP contribution < -0.4 is 0 Å². The Hall–Kier alpha value is -1.68. The second-order valence-corrected chi connectivity index (χ2v) is 12.0. The third-order valence-corrected chi connectivity index (χ3v) is 10.4. The molecule has 4 nitrogen and oxygen atoms in total. The Balaban J connectivity index is 1.31. The number of aromatic nitrogens is 2. The van der Waals surface area contributed by atoms with Gasteiger partial charge >= 0.3 is 0 Å². The van der Waals surface area contributed by atoms with Crippen LogP contribution in [0, 0.1) is 28.6 Å². The Bertz CT molecular complexity index is 983. The maximum absolute atomic E-state index is 13.8. The minimum absolute atomic E-state index is 0.160. The number of hydrogen-bond acceptors (Lipinski definition) is 3. The number of aliphatic hydroxyl groups is 1. The largest absolute Gasteiger partial charge is 0.393 e. The molecule has 5 aliphatic carbocycles. The number of ketones is 1. The third kappa shape index (κ3) is 2.97. The quantitative estimate of drug-likeness (QED) is 0.467. The molecule has 0 saturated heterocycles. The molecule has 1 heterocycles. The van der Waals surface area contributed by atoms with Gasteiger partial charge in [-0.05, 0) is 98.7 Å². The van der Waals surface area contributed by atoms with Gasteiger partial charge in [-0.25, -0.2) is 0 Å². The lowest BCUT2D eigenvalue weighted by atomic mass is 9.48. The molecule has 4 saturated carbocycles. The predicted octanol–water partition coefficient (Wildman–Crippen LogP) is 5.88. The molecule has 0 spiro atoms. The normalized spacial score (nSPS) is 43.2. The van der Waals surface area contributed by atoms with Crippen LogP contribution >= 0.6 is 0 Å². The first kappa shape index (κ1) is 20.9. The lowest BCUT2D eigenvalue weighted by molar-refractivity contribution is -0.130. The van der Waals surface area contributed by atoms with Crippen molar-refractivity contribution in [1.82, 2.24) is 9.78 Å². The molecule has 0 unspecified atom stereocenters. The summed E-state index contributed by atoms with van der Waals surface area (Å²) >= 11 is 0. The lowest BCUT2D eigenvalue weighted by Gasteiger charge is -2.56. The van der Waals surface area contributed by atoms with Gasteiger partial charge in [0, 0.05) is 11.6 Å². The monoisotopic (exact) mass is 434 g/mol. The van der Waals surface area contributed by atoms with Gasteiger partial charge in [-0.3, -0.25) is 9.48 Å². The number of carbonyl (C=O) groups is 1. The first-order valence-corrected chi connectivity index (χ1v) is 13.1. The Labute approximate surface area is 192 Å². The molecule has 32 heavy (non-hydrogen) atoms. The fourth-order valence-corrected chi connectivity index (χ4v) is 8.51. The fraction of sp³-hybridized carbons (Fsp3) is 0.714. The van der Waals surface area contributed by atoms with E-state index in [1.54, 1.807) is 0 Å². The van der Waals surface area contributed by atoms with Crippen LogP contribution in [0.2, 0.25) is 0 Å². The van der Waals surface area contributed by atoms with Crippen LogP contribution in [-0.2, 0) is 4.79 Å². The maximum Gasteiger partial charge on any atom is 0.165 e. The molecule has 172 valence electrons. The van der Waals surface area contributed by atoms with Gasteiger partial charge in [-0.15, -0.1) is 0 Å². The summed E-state index contributed by atoms with van der Waals surface area (Å²) in [6, 6.07) is 2.59. The van der Waals surface area contributed by atoms with Gasteiger partial charge < -0.3 is 5.11 Å². The summed E-state index contributed by atoms with van der Waals surface area (Å²) in [5.41, 5.74) is 3.68. The molecule has 1 aromatic heterocycles. The van der Waals surface area contributed by atoms with E-state index in [0.717, 1.165) is 56.2 Å². The molecule has 4 fully saturated rings. The van der Waals surface area contributed by atoms with E-state index in [4.69, 9.17) is 0 Å². The molecule has 4 heteroatoms. The molecule has 0 bridgehead atoms. The summed E-state index contributed by atoms with van der Waals surface area (Å²) in [6.45, 7) is 4.72. The highest BCUT2D eigenvalue weighted by atomic mass is 16.3. The Morgan fingerprint density at radius 1 is 1.06 bits per heavy atom. The second kappa shape index (κ2) is 7.41. The van der Waals surface area contributed by atoms with Crippen molar-refractivity contribution in [2.24, 2.45) is 28.6 Å². The molecule has 0 aromatic carbocycles. The number of Topliss-reactive ketones (excluding diaryl/α,β-unsaturated/α-hetero) is 1. The van der Waals surface area contributed by atoms with Crippen LogP contribution in [0.25, 0.3) is 6.08 Å². The number of aliphatic hydroxyl groups excluding tert-OH is 1. The van der Waals surface area contributed by atoms with Gasteiger partial charge in [0.2, 0.25) is 0 Å². The number of carbonyl (C=O) groups excluding carboxylic acids is 1. The first-order valence-electron chi connectivity index (χ1n) is 13.1. The molecule has 0 aliphatic heterocycles. The van der Waals surface area contributed by atoms with Crippen molar-refractivity contribution in [3.63, 3.8) is 0 Å². The van der Waals surface area contributed by atoms with E-state index in [9.17, 15) is 9.90 Å². The average molecular weight is 435 g/mol. The zero-order chi connectivity index (χ0) is 22.1. The van der Waals surface area contributed by atoms with Gasteiger partial charge in [-0.2, -0.15) is 5.10 Å². The maximum atomic E-state index is 13.8. The minimum Gasteiger partial charge on any atom is -0.393 e. The van der Waals surface area contributed by atoms with Crippen molar-refractivity contribution in [1.29, 1.82) is 0 Å². The molecule has 5 aliphatic rings. The van der Waals surface area contributed by atoms with E-state index >= 15 is 0 Å². The summed E-state index contributed by atoms with van der Waals surface area (Å²) in [4.78, 5) is 13.8. The smallest absolute Gasteiger partial charge is 0.165 e. The number of nitrogens with zero attached hydrogens (tertiary/aromatic N) is 2. The van der Waals surface area contributed by atoms with Crippen molar-refractivity contribution in [2.45, 2.75) is 96.6 Å². The van der Waals surface area contributed by atoms with Crippen LogP contribution in [0.1, 0.15) is 96.2 Å². The molecule has 6 atom stereocenters. The van der Waals surface area contributed by atoms with Crippen molar-refractivity contribution in [3.8, 4) is 0 Å². The average Bonchev–Trinajstić information content (AvgIpc) is 3.50. The van der Waals surface area contributed by atoms with Gasteiger partial charge in [0.1, 0.15) is 0 Å².